The maximum atomic E-state index is 12.8. The first-order valence-corrected chi connectivity index (χ1v) is 12.6. The predicted molar refractivity (Wildman–Crippen MR) is 112 cm³/mol. The Balaban J connectivity index is 0.00000544. The highest BCUT2D eigenvalue weighted by Gasteiger charge is 2.37. The minimum absolute atomic E-state index is 0. The van der Waals surface area contributed by atoms with Crippen molar-refractivity contribution in [3.63, 3.8) is 0 Å². The summed E-state index contributed by atoms with van der Waals surface area (Å²) in [5.41, 5.74) is 2.18. The Morgan fingerprint density at radius 1 is 1.27 bits per heavy atom. The third-order valence-corrected chi connectivity index (χ3v) is 5.60. The average Bonchev–Trinajstić information content (AvgIpc) is 3.22. The van der Waals surface area contributed by atoms with E-state index in [4.69, 9.17) is 9.47 Å². The quantitative estimate of drug-likeness (QED) is 0.175. The number of amides is 2. The maximum Gasteiger partial charge on any atom is 0.329 e. The fourth-order valence-electron chi connectivity index (χ4n) is 2.66. The Morgan fingerprint density at radius 2 is 2.00 bits per heavy atom. The second kappa shape index (κ2) is 13.3. The third kappa shape index (κ3) is 9.53. The summed E-state index contributed by atoms with van der Waals surface area (Å²) in [6.07, 6.45) is 3.78. The first kappa shape index (κ1) is 28.6. The van der Waals surface area contributed by atoms with Crippen molar-refractivity contribution in [1.82, 2.24) is 15.2 Å². The number of carbonyl (C=O) groups is 4. The van der Waals surface area contributed by atoms with Crippen molar-refractivity contribution in [3.8, 4) is 0 Å². The number of carbonyl (C=O) groups excluding carboxylic acids is 4. The Bertz CT molecular complexity index is 976. The molecule has 0 aliphatic carbocycles. The fourth-order valence-corrected chi connectivity index (χ4v) is 4.10. The molecule has 1 atom stereocenters. The molecule has 12 nitrogen and oxygen atoms in total. The number of esters is 2. The Kier molecular flexibility index (Phi) is 11.6. The van der Waals surface area contributed by atoms with Crippen molar-refractivity contribution in [2.75, 3.05) is 31.1 Å². The largest absolute Gasteiger partial charge is 1.00 e. The summed E-state index contributed by atoms with van der Waals surface area (Å²) >= 11 is 1.40. The van der Waals surface area contributed by atoms with E-state index >= 15 is 0 Å². The minimum atomic E-state index is -3.62. The van der Waals surface area contributed by atoms with E-state index < -0.39 is 33.9 Å². The molecule has 1 aliphatic heterocycles. The van der Waals surface area contributed by atoms with Gasteiger partial charge in [-0.05, 0) is 13.0 Å². The van der Waals surface area contributed by atoms with Gasteiger partial charge in [0.1, 0.15) is 18.2 Å². The molecule has 184 valence electrons. The van der Waals surface area contributed by atoms with E-state index in [1.807, 2.05) is 10.3 Å². The number of thioether (sulfide) groups is 1. The number of ether oxygens (including phenoxy) is 2. The maximum absolute atomic E-state index is 12.8. The van der Waals surface area contributed by atoms with Crippen LogP contribution >= 0.6 is 11.8 Å². The van der Waals surface area contributed by atoms with Crippen molar-refractivity contribution in [1.29, 1.82) is 0 Å². The summed E-state index contributed by atoms with van der Waals surface area (Å²) < 4.78 is 33.5. The van der Waals surface area contributed by atoms with Gasteiger partial charge in [-0.2, -0.15) is 4.57 Å². The molecule has 0 aromatic carbocycles. The summed E-state index contributed by atoms with van der Waals surface area (Å²) in [7, 11) is -3.62. The molecule has 0 bridgehead atoms. The lowest BCUT2D eigenvalue weighted by Crippen LogP contribution is -3.00. The van der Waals surface area contributed by atoms with Gasteiger partial charge in [0.2, 0.25) is 16.6 Å². The van der Waals surface area contributed by atoms with E-state index in [1.165, 1.54) is 39.6 Å². The van der Waals surface area contributed by atoms with Crippen LogP contribution in [0.5, 0.6) is 0 Å². The van der Waals surface area contributed by atoms with E-state index in [0.717, 1.165) is 6.26 Å². The Hall–Kier alpha value is -2.42. The van der Waals surface area contributed by atoms with Gasteiger partial charge >= 0.3 is 11.9 Å². The Morgan fingerprint density at radius 3 is 2.67 bits per heavy atom. The fraction of sp³-hybridized carbons (Fsp3) is 0.500. The van der Waals surface area contributed by atoms with E-state index in [-0.39, 0.29) is 50.1 Å². The van der Waals surface area contributed by atoms with Gasteiger partial charge in [-0.1, -0.05) is 0 Å². The molecule has 0 radical (unpaired) electrons. The predicted octanol–water partition coefficient (Wildman–Crippen LogP) is -4.43. The van der Waals surface area contributed by atoms with E-state index in [9.17, 15) is 27.6 Å². The summed E-state index contributed by atoms with van der Waals surface area (Å²) in [5.74, 6) is -1.46. The summed E-state index contributed by atoms with van der Waals surface area (Å²) in [6.45, 7) is 1.64. The molecule has 1 aliphatic rings. The standard InChI is InChI=1S/C18H24N4O8S2.ClH/c1-3-29-16(24)6-8-30-18(26)14-11-31-12-22(14)15(23)10-21-7-4-5-13(9-21)17(25)19-20-32(2,27)28;/h4-5,7,9,14,20H,3,6,8,10-12H2,1-2H3;1H. The molecule has 33 heavy (non-hydrogen) atoms. The highest BCUT2D eigenvalue weighted by atomic mass is 35.5. The number of nitrogens with one attached hydrogen (secondary N) is 2. The lowest BCUT2D eigenvalue weighted by atomic mass is 10.2. The van der Waals surface area contributed by atoms with Crippen molar-refractivity contribution in [2.45, 2.75) is 25.9 Å². The van der Waals surface area contributed by atoms with Gasteiger partial charge in [-0.3, -0.25) is 19.8 Å². The number of sulfonamides is 1. The van der Waals surface area contributed by atoms with Gasteiger partial charge in [0.25, 0.3) is 11.8 Å². The Labute approximate surface area is 201 Å². The van der Waals surface area contributed by atoms with Gasteiger partial charge in [-0.25, -0.2) is 13.2 Å². The molecule has 1 unspecified atom stereocenters. The number of rotatable bonds is 10. The smallest absolute Gasteiger partial charge is 0.329 e. The zero-order chi connectivity index (χ0) is 23.7. The van der Waals surface area contributed by atoms with Crippen LogP contribution in [-0.4, -0.2) is 74.2 Å². The summed E-state index contributed by atoms with van der Waals surface area (Å²) in [5, 5.41) is 0. The number of aromatic nitrogens is 1. The number of halogens is 1. The van der Waals surface area contributed by atoms with Crippen molar-refractivity contribution in [3.05, 3.63) is 30.1 Å². The highest BCUT2D eigenvalue weighted by molar-refractivity contribution is 7.99. The SMILES string of the molecule is CCOC(=O)CCOC(=O)C1CSCN1C(=O)C[n+]1cccc(C(=O)NNS(C)(=O)=O)c1.[Cl-]. The molecule has 1 saturated heterocycles. The lowest BCUT2D eigenvalue weighted by Gasteiger charge is -2.21. The highest BCUT2D eigenvalue weighted by Crippen LogP contribution is 2.22. The summed E-state index contributed by atoms with van der Waals surface area (Å²) in [4.78, 5) is 51.8. The van der Waals surface area contributed by atoms with E-state index in [1.54, 1.807) is 13.1 Å². The van der Waals surface area contributed by atoms with E-state index in [0.29, 0.717) is 11.6 Å². The van der Waals surface area contributed by atoms with Gasteiger partial charge in [0, 0.05) is 11.8 Å². The zero-order valence-electron chi connectivity index (χ0n) is 18.0. The molecule has 2 heterocycles. The molecular formula is C18H25ClN4O8S2. The molecule has 2 amide bonds. The number of pyridine rings is 1. The van der Waals surface area contributed by atoms with Crippen LogP contribution in [0.15, 0.2) is 24.5 Å². The van der Waals surface area contributed by atoms with Crippen LogP contribution in [-0.2, 0) is 40.4 Å². The lowest BCUT2D eigenvalue weighted by molar-refractivity contribution is -0.685. The zero-order valence-corrected chi connectivity index (χ0v) is 20.4. The molecule has 1 fully saturated rings. The average molecular weight is 525 g/mol. The third-order valence-electron chi connectivity index (χ3n) is 4.12. The van der Waals surface area contributed by atoms with Gasteiger partial charge in [-0.15, -0.1) is 16.6 Å². The second-order valence-corrected chi connectivity index (χ2v) is 9.44. The van der Waals surface area contributed by atoms with Crippen LogP contribution in [0.4, 0.5) is 0 Å². The van der Waals surface area contributed by atoms with Crippen molar-refractivity contribution in [2.24, 2.45) is 0 Å². The van der Waals surface area contributed by atoms with Crippen LogP contribution in [0.25, 0.3) is 0 Å². The van der Waals surface area contributed by atoms with Gasteiger partial charge < -0.3 is 26.8 Å². The number of nitrogens with zero attached hydrogens (tertiary/aromatic N) is 2. The minimum Gasteiger partial charge on any atom is -1.00 e. The van der Waals surface area contributed by atoms with Crippen LogP contribution in [0.3, 0.4) is 0 Å². The van der Waals surface area contributed by atoms with Crippen LogP contribution in [0.1, 0.15) is 23.7 Å². The van der Waals surface area contributed by atoms with Crippen LogP contribution in [0.2, 0.25) is 0 Å². The molecular weight excluding hydrogens is 500 g/mol. The molecule has 2 rings (SSSR count). The van der Waals surface area contributed by atoms with E-state index in [2.05, 4.69) is 0 Å². The number of hydrazine groups is 1. The number of hydrogen-bond donors (Lipinski definition) is 2. The van der Waals surface area contributed by atoms with Crippen LogP contribution < -0.4 is 27.2 Å². The molecule has 0 spiro atoms. The monoisotopic (exact) mass is 524 g/mol. The first-order valence-electron chi connectivity index (χ1n) is 9.56. The topological polar surface area (TPSA) is 152 Å². The molecule has 1 aromatic heterocycles. The molecule has 0 saturated carbocycles. The molecule has 2 N–H and O–H groups in total. The number of hydrogen-bond acceptors (Lipinski definition) is 9. The molecule has 1 aromatic rings. The normalized spacial score (nSPS) is 15.3. The van der Waals surface area contributed by atoms with Crippen molar-refractivity contribution >= 4 is 45.5 Å². The van der Waals surface area contributed by atoms with Gasteiger partial charge in [0.05, 0.1) is 25.2 Å². The first-order chi connectivity index (χ1) is 15.1. The second-order valence-electron chi connectivity index (χ2n) is 6.70. The summed E-state index contributed by atoms with van der Waals surface area (Å²) in [6, 6.07) is 2.21. The molecule has 15 heteroatoms. The van der Waals surface area contributed by atoms with Crippen LogP contribution in [0, 0.1) is 0 Å². The van der Waals surface area contributed by atoms with Crippen molar-refractivity contribution < 1.29 is 54.0 Å². The van der Waals surface area contributed by atoms with Gasteiger partial charge in [0.15, 0.2) is 12.4 Å².